The molecule has 2 aromatic rings. The Morgan fingerprint density at radius 2 is 1.82 bits per heavy atom. The van der Waals surface area contributed by atoms with Crippen LogP contribution in [0.15, 0.2) is 48.5 Å². The van der Waals surface area contributed by atoms with E-state index >= 15 is 0 Å². The second-order valence-corrected chi connectivity index (χ2v) is 3.59. The van der Waals surface area contributed by atoms with Crippen molar-refractivity contribution in [1.82, 2.24) is 0 Å². The minimum atomic E-state index is -0.163. The summed E-state index contributed by atoms with van der Waals surface area (Å²) in [5.74, 6) is 0. The van der Waals surface area contributed by atoms with E-state index in [-0.39, 0.29) is 6.61 Å². The van der Waals surface area contributed by atoms with Crippen molar-refractivity contribution in [3.63, 3.8) is 0 Å². The summed E-state index contributed by atoms with van der Waals surface area (Å²) < 4.78 is 0. The lowest BCUT2D eigenvalue weighted by Gasteiger charge is -2.06. The van der Waals surface area contributed by atoms with E-state index in [4.69, 9.17) is 10.5 Å². The van der Waals surface area contributed by atoms with Crippen LogP contribution in [0.5, 0.6) is 0 Å². The number of anilines is 2. The molecule has 0 fully saturated rings. The SMILES string of the molecule is N#[N+]c1ccc(Nc2ccccc2)cc1CO. The average Bonchev–Trinajstić information content (AvgIpc) is 2.40. The Bertz CT molecular complexity index is 546. The molecule has 0 bridgehead atoms. The summed E-state index contributed by atoms with van der Waals surface area (Å²) >= 11 is 0. The first-order valence-electron chi connectivity index (χ1n) is 5.24. The Hall–Kier alpha value is -2.38. The highest BCUT2D eigenvalue weighted by Gasteiger charge is 2.12. The zero-order valence-electron chi connectivity index (χ0n) is 9.17. The van der Waals surface area contributed by atoms with Gasteiger partial charge in [0.1, 0.15) is 0 Å². The van der Waals surface area contributed by atoms with Crippen LogP contribution in [-0.2, 0) is 6.61 Å². The second-order valence-electron chi connectivity index (χ2n) is 3.59. The van der Waals surface area contributed by atoms with Crippen molar-refractivity contribution < 1.29 is 5.11 Å². The summed E-state index contributed by atoms with van der Waals surface area (Å²) in [5, 5.41) is 21.1. The molecule has 2 aromatic carbocycles. The van der Waals surface area contributed by atoms with Crippen LogP contribution in [0.3, 0.4) is 0 Å². The number of nitrogens with one attached hydrogen (secondary N) is 1. The number of benzene rings is 2. The lowest BCUT2D eigenvalue weighted by molar-refractivity contribution is 0.282. The van der Waals surface area contributed by atoms with Crippen molar-refractivity contribution in [2.45, 2.75) is 6.61 Å². The van der Waals surface area contributed by atoms with Crippen molar-refractivity contribution >= 4 is 17.1 Å². The first kappa shape index (κ1) is 11.1. The van der Waals surface area contributed by atoms with Gasteiger partial charge in [0.05, 0.1) is 12.2 Å². The van der Waals surface area contributed by atoms with Gasteiger partial charge in [0, 0.05) is 17.4 Å². The smallest absolute Gasteiger partial charge is 0.390 e. The minimum absolute atomic E-state index is 0.163. The number of aliphatic hydroxyl groups excluding tert-OH is 1. The quantitative estimate of drug-likeness (QED) is 0.788. The maximum Gasteiger partial charge on any atom is 0.390 e. The third-order valence-corrected chi connectivity index (χ3v) is 2.42. The molecule has 0 saturated heterocycles. The lowest BCUT2D eigenvalue weighted by Crippen LogP contribution is -1.92. The van der Waals surface area contributed by atoms with E-state index in [1.165, 1.54) is 0 Å². The predicted octanol–water partition coefficient (Wildman–Crippen LogP) is 3.41. The van der Waals surface area contributed by atoms with Gasteiger partial charge in [-0.1, -0.05) is 18.2 Å². The molecule has 4 nitrogen and oxygen atoms in total. The molecule has 0 atom stereocenters. The number of hydrogen-bond acceptors (Lipinski definition) is 3. The zero-order chi connectivity index (χ0) is 12.1. The van der Waals surface area contributed by atoms with E-state index < -0.39 is 0 Å². The van der Waals surface area contributed by atoms with Crippen molar-refractivity contribution in [1.29, 1.82) is 5.39 Å². The zero-order valence-corrected chi connectivity index (χ0v) is 9.17. The molecule has 84 valence electrons. The van der Waals surface area contributed by atoms with Gasteiger partial charge in [-0.15, -0.1) is 0 Å². The molecule has 0 radical (unpaired) electrons. The van der Waals surface area contributed by atoms with Crippen molar-refractivity contribution in [2.24, 2.45) is 0 Å². The number of para-hydroxylation sites is 1. The minimum Gasteiger partial charge on any atom is -0.391 e. The Morgan fingerprint density at radius 1 is 1.06 bits per heavy atom. The van der Waals surface area contributed by atoms with Crippen molar-refractivity contribution in [3.05, 3.63) is 59.1 Å². The molecule has 0 saturated carbocycles. The van der Waals surface area contributed by atoms with E-state index in [0.29, 0.717) is 11.3 Å². The molecule has 2 N–H and O–H groups in total. The standard InChI is InChI=1S/C13H12N3O/c14-16-13-7-6-12(8-10(13)9-17)15-11-4-2-1-3-5-11/h1-8,15,17H,9H2/q+1. The van der Waals surface area contributed by atoms with Crippen LogP contribution >= 0.6 is 0 Å². The van der Waals surface area contributed by atoms with Crippen LogP contribution in [0, 0.1) is 5.39 Å². The van der Waals surface area contributed by atoms with Gasteiger partial charge in [0.15, 0.2) is 4.98 Å². The lowest BCUT2D eigenvalue weighted by atomic mass is 10.1. The van der Waals surface area contributed by atoms with Crippen LogP contribution in [0.1, 0.15) is 5.56 Å². The van der Waals surface area contributed by atoms with E-state index in [2.05, 4.69) is 10.3 Å². The highest BCUT2D eigenvalue weighted by Crippen LogP contribution is 2.25. The molecule has 0 spiro atoms. The van der Waals surface area contributed by atoms with Gasteiger partial charge in [-0.05, 0) is 24.3 Å². The van der Waals surface area contributed by atoms with Gasteiger partial charge in [0.25, 0.3) is 0 Å². The predicted molar refractivity (Wildman–Crippen MR) is 66.8 cm³/mol. The van der Waals surface area contributed by atoms with Crippen LogP contribution < -0.4 is 5.32 Å². The number of hydrogen-bond donors (Lipinski definition) is 2. The van der Waals surface area contributed by atoms with E-state index in [9.17, 15) is 0 Å². The maximum atomic E-state index is 9.14. The van der Waals surface area contributed by atoms with Gasteiger partial charge in [0.2, 0.25) is 5.39 Å². The molecule has 17 heavy (non-hydrogen) atoms. The van der Waals surface area contributed by atoms with Gasteiger partial charge >= 0.3 is 5.69 Å². The molecule has 0 aliphatic carbocycles. The molecule has 2 rings (SSSR count). The van der Waals surface area contributed by atoms with Crippen LogP contribution in [0.25, 0.3) is 4.98 Å². The highest BCUT2D eigenvalue weighted by atomic mass is 16.3. The van der Waals surface area contributed by atoms with Gasteiger partial charge in [-0.3, -0.25) is 0 Å². The topological polar surface area (TPSA) is 60.4 Å². The van der Waals surface area contributed by atoms with Gasteiger partial charge in [-0.25, -0.2) is 0 Å². The van der Waals surface area contributed by atoms with E-state index in [1.807, 2.05) is 30.3 Å². The van der Waals surface area contributed by atoms with Crippen LogP contribution in [0.4, 0.5) is 17.1 Å². The van der Waals surface area contributed by atoms with E-state index in [0.717, 1.165) is 11.4 Å². The van der Waals surface area contributed by atoms with Crippen molar-refractivity contribution in [3.8, 4) is 0 Å². The number of nitrogens with zero attached hydrogens (tertiary/aromatic N) is 2. The molecule has 4 heteroatoms. The first-order valence-corrected chi connectivity index (χ1v) is 5.24. The maximum absolute atomic E-state index is 9.14. The normalized spacial score (nSPS) is 9.65. The van der Waals surface area contributed by atoms with Crippen LogP contribution in [0.2, 0.25) is 0 Å². The summed E-state index contributed by atoms with van der Waals surface area (Å²) in [4.78, 5) is 3.10. The third kappa shape index (κ3) is 2.60. The number of rotatable bonds is 3. The highest BCUT2D eigenvalue weighted by molar-refractivity contribution is 5.65. The molecule has 0 aliphatic rings. The molecular formula is C13H12N3O+. The summed E-state index contributed by atoms with van der Waals surface area (Å²) in [6.45, 7) is -0.163. The summed E-state index contributed by atoms with van der Waals surface area (Å²) in [6, 6.07) is 14.9. The van der Waals surface area contributed by atoms with Crippen LogP contribution in [-0.4, -0.2) is 5.11 Å². The second kappa shape index (κ2) is 5.10. The molecular weight excluding hydrogens is 214 g/mol. The fourth-order valence-electron chi connectivity index (χ4n) is 1.58. The molecule has 0 unspecified atom stereocenters. The molecule has 0 aromatic heterocycles. The molecule has 0 amide bonds. The fraction of sp³-hybridized carbons (Fsp3) is 0.0769. The third-order valence-electron chi connectivity index (χ3n) is 2.42. The number of aliphatic hydroxyl groups is 1. The largest absolute Gasteiger partial charge is 0.391 e. The Balaban J connectivity index is 2.26. The molecule has 0 heterocycles. The Morgan fingerprint density at radius 3 is 2.47 bits per heavy atom. The van der Waals surface area contributed by atoms with Crippen molar-refractivity contribution in [2.75, 3.05) is 5.32 Å². The fourth-order valence-corrected chi connectivity index (χ4v) is 1.58. The van der Waals surface area contributed by atoms with E-state index in [1.54, 1.807) is 18.2 Å². The Kier molecular flexibility index (Phi) is 3.34. The summed E-state index contributed by atoms with van der Waals surface area (Å²) in [6.07, 6.45) is 0. The monoisotopic (exact) mass is 226 g/mol. The van der Waals surface area contributed by atoms with Gasteiger partial charge < -0.3 is 10.4 Å². The number of diazo groups is 1. The van der Waals surface area contributed by atoms with Gasteiger partial charge in [-0.2, -0.15) is 0 Å². The average molecular weight is 226 g/mol. The Labute approximate surface area is 99.2 Å². The first-order chi connectivity index (χ1) is 8.33. The molecule has 0 aliphatic heterocycles. The summed E-state index contributed by atoms with van der Waals surface area (Å²) in [5.41, 5.74) is 2.76. The summed E-state index contributed by atoms with van der Waals surface area (Å²) in [7, 11) is 0.